The van der Waals surface area contributed by atoms with Crippen LogP contribution in [-0.4, -0.2) is 40.7 Å². The van der Waals surface area contributed by atoms with Gasteiger partial charge in [-0.15, -0.1) is 0 Å². The first kappa shape index (κ1) is 23.9. The molecule has 0 fully saturated rings. The van der Waals surface area contributed by atoms with E-state index in [9.17, 15) is 24.0 Å². The van der Waals surface area contributed by atoms with Crippen molar-refractivity contribution >= 4 is 34.7 Å². The van der Waals surface area contributed by atoms with Gasteiger partial charge in [0.1, 0.15) is 22.9 Å². The van der Waals surface area contributed by atoms with Crippen LogP contribution in [0.2, 0.25) is 0 Å². The molecule has 9 heteroatoms. The van der Waals surface area contributed by atoms with E-state index in [2.05, 4.69) is 5.32 Å². The Balaban J connectivity index is 1.61. The van der Waals surface area contributed by atoms with Crippen molar-refractivity contribution in [3.8, 4) is 5.75 Å². The number of ether oxygens (including phenoxy) is 1. The maximum atomic E-state index is 13.1. The van der Waals surface area contributed by atoms with Crippen molar-refractivity contribution in [1.82, 2.24) is 10.2 Å². The van der Waals surface area contributed by atoms with Crippen LogP contribution in [-0.2, 0) is 4.79 Å². The van der Waals surface area contributed by atoms with Crippen LogP contribution in [0.5, 0.6) is 5.75 Å². The van der Waals surface area contributed by atoms with Gasteiger partial charge in [0.2, 0.25) is 0 Å². The summed E-state index contributed by atoms with van der Waals surface area (Å²) in [5.74, 6) is -2.83. The number of carbonyl (C=O) groups excluding carboxylic acids is 4. The van der Waals surface area contributed by atoms with Crippen LogP contribution in [0.15, 0.2) is 57.7 Å². The highest BCUT2D eigenvalue weighted by Crippen LogP contribution is 2.29. The maximum absolute atomic E-state index is 13.1. The summed E-state index contributed by atoms with van der Waals surface area (Å²) >= 11 is 0. The molecule has 1 unspecified atom stereocenters. The molecule has 0 saturated carbocycles. The third-order valence-electron chi connectivity index (χ3n) is 5.57. The Morgan fingerprint density at radius 1 is 0.914 bits per heavy atom. The highest BCUT2D eigenvalue weighted by Gasteiger charge is 2.44. The number of fused-ring (bicyclic) bond motifs is 2. The topological polar surface area (TPSA) is 123 Å². The normalized spacial score (nSPS) is 13.9. The fourth-order valence-corrected chi connectivity index (χ4v) is 3.97. The standard InChI is InChI=1S/C26H24N2O7/c1-13(2)21(28-23(30)17-7-5-6-8-18(17)24(28)31)26(33)34-16-10-9-15-11-19(22(29)27-14(3)4)25(32)35-20(15)12-16/h5-14,21H,1-4H3,(H,27,29). The third-order valence-corrected chi connectivity index (χ3v) is 5.57. The lowest BCUT2D eigenvalue weighted by Gasteiger charge is -2.27. The van der Waals surface area contributed by atoms with Crippen LogP contribution >= 0.6 is 0 Å². The van der Waals surface area contributed by atoms with Crippen LogP contribution in [0, 0.1) is 5.92 Å². The second-order valence-electron chi connectivity index (χ2n) is 8.91. The van der Waals surface area contributed by atoms with Gasteiger partial charge in [0.05, 0.1) is 11.1 Å². The van der Waals surface area contributed by atoms with Crippen LogP contribution in [0.4, 0.5) is 0 Å². The smallest absolute Gasteiger partial charge is 0.349 e. The Labute approximate surface area is 200 Å². The molecule has 9 nitrogen and oxygen atoms in total. The molecule has 1 atom stereocenters. The first-order valence-corrected chi connectivity index (χ1v) is 11.2. The fourth-order valence-electron chi connectivity index (χ4n) is 3.97. The van der Waals surface area contributed by atoms with E-state index >= 15 is 0 Å². The van der Waals surface area contributed by atoms with Gasteiger partial charge >= 0.3 is 11.6 Å². The monoisotopic (exact) mass is 476 g/mol. The maximum Gasteiger partial charge on any atom is 0.349 e. The van der Waals surface area contributed by atoms with Gasteiger partial charge in [0, 0.05) is 17.5 Å². The molecule has 3 aromatic rings. The Morgan fingerprint density at radius 2 is 1.54 bits per heavy atom. The van der Waals surface area contributed by atoms with Gasteiger partial charge in [0.15, 0.2) is 0 Å². The summed E-state index contributed by atoms with van der Waals surface area (Å²) in [7, 11) is 0. The van der Waals surface area contributed by atoms with Crippen LogP contribution in [0.25, 0.3) is 11.0 Å². The summed E-state index contributed by atoms with van der Waals surface area (Å²) in [4.78, 5) is 64.4. The van der Waals surface area contributed by atoms with Gasteiger partial charge in [-0.05, 0) is 50.1 Å². The first-order chi connectivity index (χ1) is 16.6. The van der Waals surface area contributed by atoms with Crippen molar-refractivity contribution in [3.05, 3.63) is 75.6 Å². The molecular weight excluding hydrogens is 452 g/mol. The third kappa shape index (κ3) is 4.44. The molecule has 0 spiro atoms. The second-order valence-corrected chi connectivity index (χ2v) is 8.91. The molecule has 4 rings (SSSR count). The van der Waals surface area contributed by atoms with Crippen LogP contribution < -0.4 is 15.7 Å². The molecule has 1 N–H and O–H groups in total. The van der Waals surface area contributed by atoms with Gasteiger partial charge in [-0.3, -0.25) is 19.3 Å². The molecule has 1 aliphatic rings. The molecule has 0 radical (unpaired) electrons. The quantitative estimate of drug-likeness (QED) is 0.251. The molecule has 0 bridgehead atoms. The highest BCUT2D eigenvalue weighted by molar-refractivity contribution is 6.22. The van der Waals surface area contributed by atoms with E-state index in [0.717, 1.165) is 4.90 Å². The summed E-state index contributed by atoms with van der Waals surface area (Å²) in [5.41, 5.74) is -0.378. The zero-order valence-corrected chi connectivity index (χ0v) is 19.7. The van der Waals surface area contributed by atoms with E-state index in [0.29, 0.717) is 5.39 Å². The Hall–Kier alpha value is -4.27. The van der Waals surface area contributed by atoms with Crippen molar-refractivity contribution in [3.63, 3.8) is 0 Å². The van der Waals surface area contributed by atoms with Gasteiger partial charge < -0.3 is 14.5 Å². The zero-order chi connectivity index (χ0) is 25.4. The predicted octanol–water partition coefficient (Wildman–Crippen LogP) is 3.16. The zero-order valence-electron chi connectivity index (χ0n) is 19.7. The molecule has 1 aromatic heterocycles. The number of benzene rings is 2. The average molecular weight is 476 g/mol. The summed E-state index contributed by atoms with van der Waals surface area (Å²) in [5, 5.41) is 3.10. The van der Waals surface area contributed by atoms with Gasteiger partial charge in [0.25, 0.3) is 17.7 Å². The lowest BCUT2D eigenvalue weighted by atomic mass is 10.0. The Kier molecular flexibility index (Phi) is 6.26. The van der Waals surface area contributed by atoms with Crippen molar-refractivity contribution in [1.29, 1.82) is 0 Å². The summed E-state index contributed by atoms with van der Waals surface area (Å²) < 4.78 is 10.8. The van der Waals surface area contributed by atoms with Gasteiger partial charge in [-0.25, -0.2) is 9.59 Å². The molecule has 3 amide bonds. The largest absolute Gasteiger partial charge is 0.425 e. The molecule has 0 aliphatic carbocycles. The van der Waals surface area contributed by atoms with E-state index in [4.69, 9.17) is 9.15 Å². The van der Waals surface area contributed by atoms with E-state index in [1.54, 1.807) is 58.0 Å². The molecule has 0 saturated heterocycles. The predicted molar refractivity (Wildman–Crippen MR) is 126 cm³/mol. The summed E-state index contributed by atoms with van der Waals surface area (Å²) in [6, 6.07) is 10.8. The number of esters is 1. The number of hydrogen-bond acceptors (Lipinski definition) is 7. The number of imide groups is 1. The van der Waals surface area contributed by atoms with Crippen LogP contribution in [0.3, 0.4) is 0 Å². The van der Waals surface area contributed by atoms with Crippen molar-refractivity contribution in [2.24, 2.45) is 5.92 Å². The molecule has 1 aliphatic heterocycles. The Morgan fingerprint density at radius 3 is 2.11 bits per heavy atom. The number of carbonyl (C=O) groups is 4. The number of amides is 3. The molecule has 2 aromatic carbocycles. The minimum Gasteiger partial charge on any atom is -0.425 e. The van der Waals surface area contributed by atoms with Crippen molar-refractivity contribution < 1.29 is 28.3 Å². The minimum absolute atomic E-state index is 0.0623. The molecular formula is C26H24N2O7. The SMILES string of the molecule is CC(C)NC(=O)c1cc2ccc(OC(=O)C(C(C)C)N3C(=O)c4ccccc4C3=O)cc2oc1=O. The minimum atomic E-state index is -1.16. The van der Waals surface area contributed by atoms with Gasteiger partial charge in [-0.1, -0.05) is 26.0 Å². The Bertz CT molecular complexity index is 1390. The van der Waals surface area contributed by atoms with Crippen LogP contribution in [0.1, 0.15) is 58.8 Å². The average Bonchev–Trinajstić information content (AvgIpc) is 3.03. The fraction of sp³-hybridized carbons (Fsp3) is 0.269. The van der Waals surface area contributed by atoms with E-state index in [-0.39, 0.29) is 34.1 Å². The van der Waals surface area contributed by atoms with E-state index in [1.165, 1.54) is 18.2 Å². The summed E-state index contributed by atoms with van der Waals surface area (Å²) in [6.45, 7) is 6.96. The van der Waals surface area contributed by atoms with E-state index < -0.39 is 41.3 Å². The second kappa shape index (κ2) is 9.17. The lowest BCUT2D eigenvalue weighted by Crippen LogP contribution is -2.49. The summed E-state index contributed by atoms with van der Waals surface area (Å²) in [6.07, 6.45) is 0. The van der Waals surface area contributed by atoms with E-state index in [1.807, 2.05) is 0 Å². The molecule has 180 valence electrons. The first-order valence-electron chi connectivity index (χ1n) is 11.2. The number of hydrogen-bond donors (Lipinski definition) is 1. The van der Waals surface area contributed by atoms with Crippen molar-refractivity contribution in [2.45, 2.75) is 39.8 Å². The highest BCUT2D eigenvalue weighted by atomic mass is 16.5. The number of nitrogens with one attached hydrogen (secondary N) is 1. The lowest BCUT2D eigenvalue weighted by molar-refractivity contribution is -0.140. The molecule has 2 heterocycles. The molecule has 35 heavy (non-hydrogen) atoms. The van der Waals surface area contributed by atoms with Gasteiger partial charge in [-0.2, -0.15) is 0 Å². The number of nitrogens with zero attached hydrogens (tertiary/aromatic N) is 1. The number of rotatable bonds is 6. The van der Waals surface area contributed by atoms with Crippen molar-refractivity contribution in [2.75, 3.05) is 0 Å².